The molecular formula is C24H26N4O3S. The number of benzene rings is 2. The van der Waals surface area contributed by atoms with E-state index in [1.165, 1.54) is 28.8 Å². The van der Waals surface area contributed by atoms with Gasteiger partial charge in [-0.05, 0) is 48.6 Å². The molecule has 0 saturated heterocycles. The normalized spacial score (nSPS) is 17.2. The van der Waals surface area contributed by atoms with Crippen molar-refractivity contribution in [3.8, 4) is 0 Å². The first-order valence-corrected chi connectivity index (χ1v) is 12.5. The van der Waals surface area contributed by atoms with Crippen molar-refractivity contribution in [2.75, 3.05) is 11.9 Å². The van der Waals surface area contributed by atoms with Crippen molar-refractivity contribution < 1.29 is 13.2 Å². The van der Waals surface area contributed by atoms with E-state index in [0.29, 0.717) is 36.9 Å². The fourth-order valence-corrected chi connectivity index (χ4v) is 6.13. The molecule has 1 aliphatic carbocycles. The van der Waals surface area contributed by atoms with Crippen molar-refractivity contribution >= 4 is 21.7 Å². The van der Waals surface area contributed by atoms with Gasteiger partial charge < -0.3 is 5.32 Å². The number of nitrogens with zero attached hydrogens (tertiary/aromatic N) is 3. The molecule has 1 amide bonds. The van der Waals surface area contributed by atoms with Gasteiger partial charge >= 0.3 is 0 Å². The number of carbonyl (C=O) groups excluding carboxylic acids is 1. The SMILES string of the molecule is O=C(Nc1ccnn1C1CCCC1)c1cccc(S(=O)(=O)N2CCc3ccccc3C2)c1. The summed E-state index contributed by atoms with van der Waals surface area (Å²) >= 11 is 0. The van der Waals surface area contributed by atoms with Gasteiger partial charge in [-0.3, -0.25) is 4.79 Å². The predicted octanol–water partition coefficient (Wildman–Crippen LogP) is 4.00. The van der Waals surface area contributed by atoms with Crippen LogP contribution in [0.2, 0.25) is 0 Å². The lowest BCUT2D eigenvalue weighted by molar-refractivity contribution is 0.102. The highest BCUT2D eigenvalue weighted by molar-refractivity contribution is 7.89. The number of carbonyl (C=O) groups is 1. The van der Waals surface area contributed by atoms with Crippen molar-refractivity contribution in [2.45, 2.75) is 49.6 Å². The van der Waals surface area contributed by atoms with Crippen LogP contribution in [0.5, 0.6) is 0 Å². The van der Waals surface area contributed by atoms with Crippen LogP contribution in [-0.2, 0) is 23.0 Å². The molecule has 1 aliphatic heterocycles. The number of rotatable bonds is 5. The number of amides is 1. The van der Waals surface area contributed by atoms with Crippen LogP contribution >= 0.6 is 0 Å². The number of hydrogen-bond donors (Lipinski definition) is 1. The largest absolute Gasteiger partial charge is 0.307 e. The lowest BCUT2D eigenvalue weighted by Gasteiger charge is -2.28. The van der Waals surface area contributed by atoms with Crippen molar-refractivity contribution in [2.24, 2.45) is 0 Å². The number of anilines is 1. The summed E-state index contributed by atoms with van der Waals surface area (Å²) in [5.74, 6) is 0.300. The Morgan fingerprint density at radius 1 is 1.00 bits per heavy atom. The zero-order chi connectivity index (χ0) is 22.1. The zero-order valence-electron chi connectivity index (χ0n) is 17.8. The first-order chi connectivity index (χ1) is 15.5. The van der Waals surface area contributed by atoms with Crippen LogP contribution in [0.1, 0.15) is 53.2 Å². The van der Waals surface area contributed by atoms with Crippen LogP contribution in [-0.4, -0.2) is 35.0 Å². The van der Waals surface area contributed by atoms with E-state index in [2.05, 4.69) is 10.4 Å². The van der Waals surface area contributed by atoms with Crippen LogP contribution in [0.25, 0.3) is 0 Å². The quantitative estimate of drug-likeness (QED) is 0.637. The summed E-state index contributed by atoms with van der Waals surface area (Å²) in [5, 5.41) is 7.29. The molecule has 0 radical (unpaired) electrons. The highest BCUT2D eigenvalue weighted by Gasteiger charge is 2.29. The van der Waals surface area contributed by atoms with Gasteiger partial charge in [0.05, 0.1) is 17.1 Å². The van der Waals surface area contributed by atoms with Crippen LogP contribution in [0.15, 0.2) is 65.7 Å². The molecule has 32 heavy (non-hydrogen) atoms. The Morgan fingerprint density at radius 3 is 2.59 bits per heavy atom. The van der Waals surface area contributed by atoms with Gasteiger partial charge in [-0.15, -0.1) is 0 Å². The smallest absolute Gasteiger partial charge is 0.256 e. The van der Waals surface area contributed by atoms with Crippen molar-refractivity contribution in [3.05, 3.63) is 77.5 Å². The van der Waals surface area contributed by atoms with Crippen molar-refractivity contribution in [1.29, 1.82) is 0 Å². The molecule has 2 aliphatic rings. The second kappa shape index (κ2) is 8.52. The molecule has 1 fully saturated rings. The summed E-state index contributed by atoms with van der Waals surface area (Å²) in [4.78, 5) is 13.1. The fourth-order valence-electron chi connectivity index (χ4n) is 4.66. The minimum absolute atomic E-state index is 0.133. The Bertz CT molecular complexity index is 1250. The van der Waals surface area contributed by atoms with Crippen molar-refractivity contribution in [3.63, 3.8) is 0 Å². The summed E-state index contributed by atoms with van der Waals surface area (Å²) in [6.45, 7) is 0.770. The van der Waals surface area contributed by atoms with Gasteiger partial charge in [0, 0.05) is 24.7 Å². The monoisotopic (exact) mass is 450 g/mol. The van der Waals surface area contributed by atoms with Crippen molar-refractivity contribution in [1.82, 2.24) is 14.1 Å². The first kappa shape index (κ1) is 20.9. The molecule has 0 bridgehead atoms. The average Bonchev–Trinajstić information content (AvgIpc) is 3.51. The van der Waals surface area contributed by atoms with Gasteiger partial charge in [0.25, 0.3) is 5.91 Å². The summed E-state index contributed by atoms with van der Waals surface area (Å²) in [5.41, 5.74) is 2.52. The molecule has 2 aromatic carbocycles. The van der Waals surface area contributed by atoms with Gasteiger partial charge in [0.1, 0.15) is 5.82 Å². The van der Waals surface area contributed by atoms with Crippen LogP contribution in [0, 0.1) is 0 Å². The van der Waals surface area contributed by atoms with E-state index in [4.69, 9.17) is 0 Å². The van der Waals surface area contributed by atoms with Gasteiger partial charge in [-0.1, -0.05) is 43.2 Å². The highest BCUT2D eigenvalue weighted by atomic mass is 32.2. The minimum atomic E-state index is -3.71. The second-order valence-electron chi connectivity index (χ2n) is 8.44. The summed E-state index contributed by atoms with van der Waals surface area (Å²) in [6.07, 6.45) is 6.80. The molecule has 7 nitrogen and oxygen atoms in total. The molecule has 166 valence electrons. The maximum Gasteiger partial charge on any atom is 0.256 e. The van der Waals surface area contributed by atoms with E-state index in [-0.39, 0.29) is 10.8 Å². The van der Waals surface area contributed by atoms with E-state index in [0.717, 1.165) is 18.4 Å². The van der Waals surface area contributed by atoms with E-state index in [1.54, 1.807) is 30.5 Å². The van der Waals surface area contributed by atoms with Crippen LogP contribution < -0.4 is 5.32 Å². The van der Waals surface area contributed by atoms with E-state index >= 15 is 0 Å². The third-order valence-corrected chi connectivity index (χ3v) is 8.25. The minimum Gasteiger partial charge on any atom is -0.307 e. The van der Waals surface area contributed by atoms with Gasteiger partial charge in [0.2, 0.25) is 10.0 Å². The Morgan fingerprint density at radius 2 is 1.78 bits per heavy atom. The van der Waals surface area contributed by atoms with Gasteiger partial charge in [-0.25, -0.2) is 13.1 Å². The fraction of sp³-hybridized carbons (Fsp3) is 0.333. The Hall–Kier alpha value is -2.97. The Balaban J connectivity index is 1.35. The molecule has 5 rings (SSSR count). The third kappa shape index (κ3) is 3.96. The molecule has 3 aromatic rings. The summed E-state index contributed by atoms with van der Waals surface area (Å²) in [6, 6.07) is 16.3. The number of aromatic nitrogens is 2. The third-order valence-electron chi connectivity index (χ3n) is 6.41. The highest BCUT2D eigenvalue weighted by Crippen LogP contribution is 2.31. The number of sulfonamides is 1. The van der Waals surface area contributed by atoms with E-state index in [9.17, 15) is 13.2 Å². The number of hydrogen-bond acceptors (Lipinski definition) is 4. The molecule has 0 spiro atoms. The second-order valence-corrected chi connectivity index (χ2v) is 10.4. The molecule has 0 atom stereocenters. The predicted molar refractivity (Wildman–Crippen MR) is 122 cm³/mol. The Labute approximate surface area is 188 Å². The maximum atomic E-state index is 13.3. The summed E-state index contributed by atoms with van der Waals surface area (Å²) in [7, 11) is -3.71. The number of nitrogens with one attached hydrogen (secondary N) is 1. The molecule has 1 aromatic heterocycles. The maximum absolute atomic E-state index is 13.3. The number of fused-ring (bicyclic) bond motifs is 1. The lowest BCUT2D eigenvalue weighted by atomic mass is 10.0. The molecule has 8 heteroatoms. The van der Waals surface area contributed by atoms with E-state index in [1.807, 2.05) is 28.9 Å². The molecule has 1 saturated carbocycles. The first-order valence-electron chi connectivity index (χ1n) is 11.0. The average molecular weight is 451 g/mol. The lowest BCUT2D eigenvalue weighted by Crippen LogP contribution is -2.36. The molecule has 1 N–H and O–H groups in total. The molecule has 0 unspecified atom stereocenters. The van der Waals surface area contributed by atoms with E-state index < -0.39 is 10.0 Å². The Kier molecular flexibility index (Phi) is 5.57. The van der Waals surface area contributed by atoms with Crippen LogP contribution in [0.4, 0.5) is 5.82 Å². The molecule has 2 heterocycles. The van der Waals surface area contributed by atoms with Crippen LogP contribution in [0.3, 0.4) is 0 Å². The van der Waals surface area contributed by atoms with Gasteiger partial charge in [0.15, 0.2) is 0 Å². The molecular weight excluding hydrogens is 424 g/mol. The van der Waals surface area contributed by atoms with Gasteiger partial charge in [-0.2, -0.15) is 9.40 Å². The topological polar surface area (TPSA) is 84.3 Å². The zero-order valence-corrected chi connectivity index (χ0v) is 18.6. The summed E-state index contributed by atoms with van der Waals surface area (Å²) < 4.78 is 30.0. The standard InChI is InChI=1S/C24H26N4O3S/c29-24(26-23-12-14-25-28(23)21-9-3-4-10-21)19-8-5-11-22(16-19)32(30,31)27-15-13-18-6-1-2-7-20(18)17-27/h1-2,5-8,11-12,14,16,21H,3-4,9-10,13,15,17H2,(H,26,29).